The molecule has 0 radical (unpaired) electrons. The summed E-state index contributed by atoms with van der Waals surface area (Å²) >= 11 is 6.30. The molecule has 0 bridgehead atoms. The number of fused-ring (bicyclic) bond motifs is 1. The Bertz CT molecular complexity index is 1310. The molecule has 4 nitrogen and oxygen atoms in total. The lowest BCUT2D eigenvalue weighted by atomic mass is 10.1. The smallest absolute Gasteiger partial charge is 0.232 e. The van der Waals surface area contributed by atoms with Gasteiger partial charge >= 0.3 is 0 Å². The summed E-state index contributed by atoms with van der Waals surface area (Å²) in [5.74, 6) is 0.490. The second-order valence-corrected chi connectivity index (χ2v) is 9.21. The van der Waals surface area contributed by atoms with E-state index >= 15 is 0 Å². The van der Waals surface area contributed by atoms with Crippen LogP contribution in [0.5, 0.6) is 0 Å². The molecular formula is C24H21ClN2O2S. The summed E-state index contributed by atoms with van der Waals surface area (Å²) in [4.78, 5) is 4.90. The monoisotopic (exact) mass is 436 g/mol. The average molecular weight is 437 g/mol. The van der Waals surface area contributed by atoms with E-state index in [9.17, 15) is 8.42 Å². The van der Waals surface area contributed by atoms with Crippen molar-refractivity contribution in [3.63, 3.8) is 0 Å². The van der Waals surface area contributed by atoms with Crippen molar-refractivity contribution in [2.75, 3.05) is 0 Å². The van der Waals surface area contributed by atoms with Gasteiger partial charge in [0.2, 0.25) is 0 Å². The van der Waals surface area contributed by atoms with Crippen LogP contribution in [0.4, 0.5) is 0 Å². The molecule has 0 fully saturated rings. The molecule has 3 aromatic carbocycles. The third-order valence-electron chi connectivity index (χ3n) is 4.98. The fourth-order valence-corrected chi connectivity index (χ4v) is 5.27. The predicted octanol–water partition coefficient (Wildman–Crippen LogP) is 5.44. The molecule has 30 heavy (non-hydrogen) atoms. The number of hydrogen-bond donors (Lipinski definition) is 0. The Morgan fingerprint density at radius 2 is 1.70 bits per heavy atom. The van der Waals surface area contributed by atoms with E-state index in [0.29, 0.717) is 41.1 Å². The molecule has 0 aliphatic rings. The molecule has 0 atom stereocenters. The van der Waals surface area contributed by atoms with E-state index in [2.05, 4.69) is 11.6 Å². The van der Waals surface area contributed by atoms with Crippen molar-refractivity contribution < 1.29 is 8.42 Å². The number of rotatable bonds is 7. The van der Waals surface area contributed by atoms with Crippen molar-refractivity contribution in [2.24, 2.45) is 0 Å². The topological polar surface area (TPSA) is 52.0 Å². The van der Waals surface area contributed by atoms with Crippen molar-refractivity contribution in [1.29, 1.82) is 0 Å². The minimum atomic E-state index is -3.80. The molecule has 4 aromatic rings. The molecule has 152 valence electrons. The number of benzene rings is 3. The number of imidazole rings is 1. The lowest BCUT2D eigenvalue weighted by Gasteiger charge is -2.11. The van der Waals surface area contributed by atoms with E-state index < -0.39 is 10.0 Å². The minimum Gasteiger partial charge on any atom is -0.232 e. The third kappa shape index (κ3) is 3.91. The second-order valence-electron chi connectivity index (χ2n) is 7.02. The van der Waals surface area contributed by atoms with Crippen LogP contribution in [0.15, 0.2) is 90.3 Å². The number of hydrogen-bond acceptors (Lipinski definition) is 3. The van der Waals surface area contributed by atoms with Gasteiger partial charge in [-0.1, -0.05) is 60.1 Å². The molecule has 0 unspecified atom stereocenters. The van der Waals surface area contributed by atoms with Crippen LogP contribution in [0.3, 0.4) is 0 Å². The quantitative estimate of drug-likeness (QED) is 0.362. The van der Waals surface area contributed by atoms with Crippen LogP contribution < -0.4 is 0 Å². The van der Waals surface area contributed by atoms with Gasteiger partial charge in [0.15, 0.2) is 0 Å². The average Bonchev–Trinajstić information content (AvgIpc) is 3.12. The highest BCUT2D eigenvalue weighted by atomic mass is 35.5. The Kier molecular flexibility index (Phi) is 5.75. The second kappa shape index (κ2) is 8.46. The standard InChI is InChI=1S/C24H21ClN2O2S/c1-2-8-18-13-15-22-23(17-18)27(30(28,29)20-10-4-3-5-11-20)24(26-22)16-14-19-9-6-7-12-21(19)25/h2-7,9-13,15,17H,1,8,14,16H2. The SMILES string of the molecule is C=CCc1ccc2nc(CCc3ccccc3Cl)n(S(=O)(=O)c3ccccc3)c2c1. The molecule has 0 saturated heterocycles. The molecule has 1 aromatic heterocycles. The fourth-order valence-electron chi connectivity index (χ4n) is 3.51. The van der Waals surface area contributed by atoms with Crippen LogP contribution in [0.2, 0.25) is 5.02 Å². The summed E-state index contributed by atoms with van der Waals surface area (Å²) < 4.78 is 28.5. The van der Waals surface area contributed by atoms with E-state index in [0.717, 1.165) is 11.1 Å². The fraction of sp³-hybridized carbons (Fsp3) is 0.125. The molecule has 0 aliphatic heterocycles. The Balaban J connectivity index is 1.86. The van der Waals surface area contributed by atoms with E-state index in [-0.39, 0.29) is 4.90 Å². The third-order valence-corrected chi connectivity index (χ3v) is 7.10. The molecule has 1 heterocycles. The van der Waals surface area contributed by atoms with Gasteiger partial charge in [0.05, 0.1) is 15.9 Å². The maximum Gasteiger partial charge on any atom is 0.269 e. The Morgan fingerprint density at radius 1 is 0.967 bits per heavy atom. The van der Waals surface area contributed by atoms with Crippen LogP contribution in [-0.4, -0.2) is 17.4 Å². The molecular weight excluding hydrogens is 416 g/mol. The molecule has 0 amide bonds. The van der Waals surface area contributed by atoms with E-state index in [1.807, 2.05) is 42.5 Å². The van der Waals surface area contributed by atoms with E-state index in [4.69, 9.17) is 11.6 Å². The molecule has 0 spiro atoms. The minimum absolute atomic E-state index is 0.234. The lowest BCUT2D eigenvalue weighted by Crippen LogP contribution is -2.16. The Hall–Kier alpha value is -2.89. The first kappa shape index (κ1) is 20.4. The number of aryl methyl sites for hydroxylation is 2. The van der Waals surface area contributed by atoms with Gasteiger partial charge in [-0.15, -0.1) is 6.58 Å². The zero-order valence-electron chi connectivity index (χ0n) is 16.3. The van der Waals surface area contributed by atoms with Crippen LogP contribution >= 0.6 is 11.6 Å². The van der Waals surface area contributed by atoms with Crippen molar-refractivity contribution >= 4 is 32.7 Å². The highest BCUT2D eigenvalue weighted by molar-refractivity contribution is 7.90. The normalized spacial score (nSPS) is 11.6. The maximum atomic E-state index is 13.6. The summed E-state index contributed by atoms with van der Waals surface area (Å²) in [6.45, 7) is 3.78. The molecule has 0 saturated carbocycles. The van der Waals surface area contributed by atoms with Gasteiger partial charge in [-0.2, -0.15) is 0 Å². The zero-order valence-corrected chi connectivity index (χ0v) is 17.9. The highest BCUT2D eigenvalue weighted by Gasteiger charge is 2.24. The number of nitrogens with zero attached hydrogens (tertiary/aromatic N) is 2. The molecule has 6 heteroatoms. The van der Waals surface area contributed by atoms with Crippen molar-refractivity contribution in [1.82, 2.24) is 8.96 Å². The Labute approximate surface area is 181 Å². The molecule has 0 aliphatic carbocycles. The highest BCUT2D eigenvalue weighted by Crippen LogP contribution is 2.26. The summed E-state index contributed by atoms with van der Waals surface area (Å²) in [7, 11) is -3.80. The van der Waals surface area contributed by atoms with Crippen LogP contribution in [0.1, 0.15) is 17.0 Å². The molecule has 4 rings (SSSR count). The van der Waals surface area contributed by atoms with Gasteiger partial charge in [-0.05, 0) is 54.3 Å². The number of halogens is 1. The first-order chi connectivity index (χ1) is 14.5. The van der Waals surface area contributed by atoms with Gasteiger partial charge in [0.1, 0.15) is 5.82 Å². The van der Waals surface area contributed by atoms with Crippen LogP contribution in [-0.2, 0) is 29.3 Å². The van der Waals surface area contributed by atoms with E-state index in [1.54, 1.807) is 36.4 Å². The number of aromatic nitrogens is 2. The first-order valence-electron chi connectivity index (χ1n) is 9.66. The van der Waals surface area contributed by atoms with Crippen molar-refractivity contribution in [3.05, 3.63) is 107 Å². The van der Waals surface area contributed by atoms with Crippen molar-refractivity contribution in [2.45, 2.75) is 24.2 Å². The van der Waals surface area contributed by atoms with Crippen LogP contribution in [0, 0.1) is 0 Å². The van der Waals surface area contributed by atoms with Gasteiger partial charge < -0.3 is 0 Å². The predicted molar refractivity (Wildman–Crippen MR) is 122 cm³/mol. The Morgan fingerprint density at radius 3 is 2.43 bits per heavy atom. The summed E-state index contributed by atoms with van der Waals surface area (Å²) in [6.07, 6.45) is 3.49. The largest absolute Gasteiger partial charge is 0.269 e. The first-order valence-corrected chi connectivity index (χ1v) is 11.5. The summed E-state index contributed by atoms with van der Waals surface area (Å²) in [5.41, 5.74) is 3.17. The van der Waals surface area contributed by atoms with Gasteiger partial charge in [0, 0.05) is 11.4 Å². The summed E-state index contributed by atoms with van der Waals surface area (Å²) in [6, 6.07) is 21.7. The maximum absolute atomic E-state index is 13.6. The van der Waals surface area contributed by atoms with E-state index in [1.165, 1.54) is 3.97 Å². The zero-order chi connectivity index (χ0) is 21.1. The lowest BCUT2D eigenvalue weighted by molar-refractivity contribution is 0.585. The van der Waals surface area contributed by atoms with Gasteiger partial charge in [-0.3, -0.25) is 0 Å². The summed E-state index contributed by atoms with van der Waals surface area (Å²) in [5, 5.41) is 0.666. The number of allylic oxidation sites excluding steroid dienone is 1. The van der Waals surface area contributed by atoms with Gasteiger partial charge in [0.25, 0.3) is 10.0 Å². The van der Waals surface area contributed by atoms with Crippen LogP contribution in [0.25, 0.3) is 11.0 Å². The molecule has 0 N–H and O–H groups in total. The van der Waals surface area contributed by atoms with Gasteiger partial charge in [-0.25, -0.2) is 17.4 Å². The van der Waals surface area contributed by atoms with Crippen molar-refractivity contribution in [3.8, 4) is 0 Å².